The van der Waals surface area contributed by atoms with Crippen LogP contribution in [0.15, 0.2) is 30.7 Å². The van der Waals surface area contributed by atoms with E-state index in [4.69, 9.17) is 0 Å². The van der Waals surface area contributed by atoms with Crippen LogP contribution in [-0.4, -0.2) is 25.0 Å². The molecule has 0 spiro atoms. The van der Waals surface area contributed by atoms with Gasteiger partial charge in [0.25, 0.3) is 0 Å². The molecule has 5 nitrogen and oxygen atoms in total. The molecular weight excluding hydrogens is 223 g/mol. The van der Waals surface area contributed by atoms with Gasteiger partial charge in [-0.15, -0.1) is 0 Å². The fourth-order valence-corrected chi connectivity index (χ4v) is 1.59. The lowest BCUT2D eigenvalue weighted by atomic mass is 10.2. The van der Waals surface area contributed by atoms with Crippen LogP contribution >= 0.6 is 0 Å². The van der Waals surface area contributed by atoms with Crippen LogP contribution in [0.3, 0.4) is 0 Å². The number of H-pyrrole nitrogens is 1. The Balaban J connectivity index is 2.24. The first-order valence-corrected chi connectivity index (χ1v) is 4.89. The Morgan fingerprint density at radius 3 is 3.00 bits per heavy atom. The second-order valence-corrected chi connectivity index (χ2v) is 3.48. The van der Waals surface area contributed by atoms with Gasteiger partial charge < -0.3 is 10.1 Å². The van der Waals surface area contributed by atoms with Crippen molar-refractivity contribution < 1.29 is 9.50 Å². The van der Waals surface area contributed by atoms with Crippen molar-refractivity contribution in [2.24, 2.45) is 0 Å². The van der Waals surface area contributed by atoms with Gasteiger partial charge in [0, 0.05) is 0 Å². The zero-order valence-corrected chi connectivity index (χ0v) is 8.55. The van der Waals surface area contributed by atoms with Gasteiger partial charge >= 0.3 is 0 Å². The summed E-state index contributed by atoms with van der Waals surface area (Å²) in [4.78, 5) is 14.8. The van der Waals surface area contributed by atoms with E-state index < -0.39 is 11.6 Å². The Morgan fingerprint density at radius 2 is 2.18 bits per heavy atom. The van der Waals surface area contributed by atoms with Gasteiger partial charge in [-0.1, -0.05) is 6.07 Å². The van der Waals surface area contributed by atoms with Crippen LogP contribution in [-0.2, 0) is 0 Å². The third kappa shape index (κ3) is 1.50. The average Bonchev–Trinajstić information content (AvgIpc) is 2.76. The van der Waals surface area contributed by atoms with Crippen molar-refractivity contribution in [2.75, 3.05) is 0 Å². The quantitative estimate of drug-likeness (QED) is 0.669. The molecule has 0 bridgehead atoms. The summed E-state index contributed by atoms with van der Waals surface area (Å²) < 4.78 is 13.7. The molecule has 0 aliphatic carbocycles. The topological polar surface area (TPSA) is 74.7 Å². The van der Waals surface area contributed by atoms with E-state index in [-0.39, 0.29) is 5.56 Å². The fourth-order valence-electron chi connectivity index (χ4n) is 1.59. The summed E-state index contributed by atoms with van der Waals surface area (Å²) in [5, 5.41) is 9.29. The molecule has 0 fully saturated rings. The molecular formula is C11H7FN4O. The molecule has 2 N–H and O–H groups in total. The number of nitrogens with one attached hydrogen (secondary N) is 1. The molecule has 0 radical (unpaired) electrons. The predicted molar refractivity (Wildman–Crippen MR) is 58.7 cm³/mol. The number of fused-ring (bicyclic) bond motifs is 1. The molecule has 1 aromatic carbocycles. The van der Waals surface area contributed by atoms with Crippen molar-refractivity contribution in [3.8, 4) is 17.1 Å². The molecule has 2 heterocycles. The molecule has 3 aromatic rings. The van der Waals surface area contributed by atoms with Crippen LogP contribution < -0.4 is 0 Å². The van der Waals surface area contributed by atoms with E-state index >= 15 is 0 Å². The second-order valence-electron chi connectivity index (χ2n) is 3.48. The Hall–Kier alpha value is -2.50. The molecule has 0 atom stereocenters. The van der Waals surface area contributed by atoms with Crippen LogP contribution in [0.4, 0.5) is 4.39 Å². The van der Waals surface area contributed by atoms with Gasteiger partial charge in [0.05, 0.1) is 11.8 Å². The molecule has 0 amide bonds. The molecule has 84 valence electrons. The lowest BCUT2D eigenvalue weighted by Crippen LogP contribution is -1.86. The van der Waals surface area contributed by atoms with Gasteiger partial charge in [0.1, 0.15) is 17.7 Å². The maximum atomic E-state index is 13.7. The van der Waals surface area contributed by atoms with E-state index in [1.807, 2.05) is 0 Å². The number of phenols is 1. The lowest BCUT2D eigenvalue weighted by molar-refractivity contribution is 0.433. The van der Waals surface area contributed by atoms with Gasteiger partial charge in [-0.25, -0.2) is 19.3 Å². The van der Waals surface area contributed by atoms with Gasteiger partial charge in [-0.3, -0.25) is 0 Å². The molecule has 17 heavy (non-hydrogen) atoms. The number of aromatic amines is 1. The zero-order valence-electron chi connectivity index (χ0n) is 8.55. The van der Waals surface area contributed by atoms with Crippen LogP contribution in [0.2, 0.25) is 0 Å². The summed E-state index contributed by atoms with van der Waals surface area (Å²) in [5.74, 6) is -0.803. The Morgan fingerprint density at radius 1 is 1.29 bits per heavy atom. The second kappa shape index (κ2) is 3.51. The maximum Gasteiger partial charge on any atom is 0.181 e. The highest BCUT2D eigenvalue weighted by Gasteiger charge is 2.13. The van der Waals surface area contributed by atoms with Crippen molar-refractivity contribution in [3.63, 3.8) is 0 Å². The first-order chi connectivity index (χ1) is 8.25. The number of hydrogen-bond donors (Lipinski definition) is 2. The minimum Gasteiger partial charge on any atom is -0.505 e. The van der Waals surface area contributed by atoms with Crippen molar-refractivity contribution >= 4 is 11.2 Å². The number of rotatable bonds is 1. The van der Waals surface area contributed by atoms with Gasteiger partial charge in [0.15, 0.2) is 17.2 Å². The molecule has 0 saturated carbocycles. The molecule has 3 rings (SSSR count). The summed E-state index contributed by atoms with van der Waals surface area (Å²) >= 11 is 0. The highest BCUT2D eigenvalue weighted by atomic mass is 19.1. The van der Waals surface area contributed by atoms with E-state index in [1.54, 1.807) is 12.3 Å². The fraction of sp³-hybridized carbons (Fsp3) is 0. The number of hydrogen-bond acceptors (Lipinski definition) is 4. The Bertz CT molecular complexity index is 662. The molecule has 2 aromatic heterocycles. The monoisotopic (exact) mass is 230 g/mol. The smallest absolute Gasteiger partial charge is 0.181 e. The van der Waals surface area contributed by atoms with E-state index in [9.17, 15) is 9.50 Å². The molecule has 0 aliphatic rings. The number of phenolic OH excluding ortho intramolecular Hbond substituents is 1. The molecule has 0 aliphatic heterocycles. The van der Waals surface area contributed by atoms with E-state index in [1.165, 1.54) is 18.5 Å². The number of imidazole rings is 1. The molecule has 0 saturated heterocycles. The minimum absolute atomic E-state index is 0.197. The van der Waals surface area contributed by atoms with Crippen molar-refractivity contribution in [1.82, 2.24) is 19.9 Å². The third-order valence-electron chi connectivity index (χ3n) is 2.40. The first kappa shape index (κ1) is 9.71. The number of aromatic nitrogens is 4. The normalized spacial score (nSPS) is 10.9. The predicted octanol–water partition coefficient (Wildman–Crippen LogP) is 1.86. The van der Waals surface area contributed by atoms with E-state index in [0.717, 1.165) is 0 Å². The number of nitrogens with zero attached hydrogens (tertiary/aromatic N) is 3. The number of halogens is 1. The van der Waals surface area contributed by atoms with Crippen LogP contribution in [0.5, 0.6) is 5.75 Å². The summed E-state index contributed by atoms with van der Waals surface area (Å²) in [7, 11) is 0. The van der Waals surface area contributed by atoms with Gasteiger partial charge in [-0.2, -0.15) is 0 Å². The lowest BCUT2D eigenvalue weighted by Gasteiger charge is -2.00. The average molecular weight is 230 g/mol. The zero-order chi connectivity index (χ0) is 11.8. The van der Waals surface area contributed by atoms with Crippen molar-refractivity contribution in [3.05, 3.63) is 36.5 Å². The summed E-state index contributed by atoms with van der Waals surface area (Å²) in [6, 6.07) is 4.36. The van der Waals surface area contributed by atoms with Crippen molar-refractivity contribution in [1.29, 1.82) is 0 Å². The van der Waals surface area contributed by atoms with E-state index in [0.29, 0.717) is 17.0 Å². The number of aromatic hydroxyl groups is 1. The summed E-state index contributed by atoms with van der Waals surface area (Å²) in [6.45, 7) is 0. The number of benzene rings is 1. The van der Waals surface area contributed by atoms with Crippen LogP contribution in [0, 0.1) is 5.82 Å². The van der Waals surface area contributed by atoms with Gasteiger partial charge in [-0.05, 0) is 12.1 Å². The van der Waals surface area contributed by atoms with Crippen molar-refractivity contribution in [2.45, 2.75) is 0 Å². The summed E-state index contributed by atoms with van der Waals surface area (Å²) in [5.41, 5.74) is 1.27. The Kier molecular flexibility index (Phi) is 2.01. The standard InChI is InChI=1S/C11H7FN4O/c12-9-6(2-1-3-8(9)17)10-15-7-4-13-5-14-11(7)16-10/h1-5,17H,(H,13,14,15,16). The SMILES string of the molecule is Oc1cccc(-c2nc3ncncc3[nH]2)c1F. The first-order valence-electron chi connectivity index (χ1n) is 4.89. The molecule has 0 unspecified atom stereocenters. The summed E-state index contributed by atoms with van der Waals surface area (Å²) in [6.07, 6.45) is 2.92. The van der Waals surface area contributed by atoms with Crippen LogP contribution in [0.25, 0.3) is 22.6 Å². The van der Waals surface area contributed by atoms with E-state index in [2.05, 4.69) is 19.9 Å². The Labute approximate surface area is 95.0 Å². The minimum atomic E-state index is -0.709. The highest BCUT2D eigenvalue weighted by Crippen LogP contribution is 2.27. The van der Waals surface area contributed by atoms with Gasteiger partial charge in [0.2, 0.25) is 0 Å². The highest BCUT2D eigenvalue weighted by molar-refractivity contribution is 5.75. The maximum absolute atomic E-state index is 13.7. The third-order valence-corrected chi connectivity index (χ3v) is 2.40. The van der Waals surface area contributed by atoms with Crippen LogP contribution in [0.1, 0.15) is 0 Å². The molecule has 6 heteroatoms. The largest absolute Gasteiger partial charge is 0.505 e.